The molecule has 1 N–H and O–H groups in total. The standard InChI is InChI=1S/C26H42N4O2/c1-4-5-6-7-14-27-25(31)23-9-8-15-30(20-23)26(32)22-10-12-24(13-11-22)29-18-16-28(17-19-29)21(2)3/h10-13,21,23H,4-9,14-20H2,1-3H3,(H,27,31). The van der Waals surface area contributed by atoms with Gasteiger partial charge in [0.1, 0.15) is 0 Å². The highest BCUT2D eigenvalue weighted by molar-refractivity contribution is 5.95. The van der Waals surface area contributed by atoms with Gasteiger partial charge in [0.05, 0.1) is 5.92 Å². The first-order valence-electron chi connectivity index (χ1n) is 12.7. The first-order valence-corrected chi connectivity index (χ1v) is 12.7. The minimum Gasteiger partial charge on any atom is -0.369 e. The first kappa shape index (κ1) is 24.6. The molecule has 6 nitrogen and oxygen atoms in total. The number of rotatable bonds is 9. The van der Waals surface area contributed by atoms with Gasteiger partial charge in [0.25, 0.3) is 5.91 Å². The van der Waals surface area contributed by atoms with E-state index >= 15 is 0 Å². The highest BCUT2D eigenvalue weighted by atomic mass is 16.2. The molecule has 1 unspecified atom stereocenters. The Bertz CT molecular complexity index is 726. The Labute approximate surface area is 194 Å². The van der Waals surface area contributed by atoms with E-state index in [0.29, 0.717) is 12.6 Å². The van der Waals surface area contributed by atoms with Crippen LogP contribution in [0.4, 0.5) is 5.69 Å². The van der Waals surface area contributed by atoms with Crippen LogP contribution in [0.2, 0.25) is 0 Å². The number of carbonyl (C=O) groups is 2. The lowest BCUT2D eigenvalue weighted by Gasteiger charge is -2.38. The summed E-state index contributed by atoms with van der Waals surface area (Å²) in [5, 5.41) is 3.08. The molecule has 178 valence electrons. The number of nitrogens with zero attached hydrogens (tertiary/aromatic N) is 3. The van der Waals surface area contributed by atoms with Gasteiger partial charge in [-0.2, -0.15) is 0 Å². The number of unbranched alkanes of at least 4 members (excludes halogenated alkanes) is 3. The number of anilines is 1. The maximum atomic E-state index is 13.1. The van der Waals surface area contributed by atoms with E-state index in [1.54, 1.807) is 0 Å². The van der Waals surface area contributed by atoms with Gasteiger partial charge in [-0.1, -0.05) is 26.2 Å². The van der Waals surface area contributed by atoms with E-state index in [0.717, 1.165) is 70.5 Å². The third-order valence-electron chi connectivity index (χ3n) is 6.93. The molecular formula is C26H42N4O2. The largest absolute Gasteiger partial charge is 0.369 e. The zero-order valence-corrected chi connectivity index (χ0v) is 20.3. The average Bonchev–Trinajstić information content (AvgIpc) is 2.83. The summed E-state index contributed by atoms with van der Waals surface area (Å²) >= 11 is 0. The van der Waals surface area contributed by atoms with Crippen molar-refractivity contribution in [1.82, 2.24) is 15.1 Å². The zero-order chi connectivity index (χ0) is 22.9. The van der Waals surface area contributed by atoms with Crippen molar-refractivity contribution in [2.24, 2.45) is 5.92 Å². The lowest BCUT2D eigenvalue weighted by Crippen LogP contribution is -2.48. The molecule has 0 spiro atoms. The number of amides is 2. The lowest BCUT2D eigenvalue weighted by molar-refractivity contribution is -0.126. The Morgan fingerprint density at radius 1 is 1.00 bits per heavy atom. The second kappa shape index (κ2) is 12.2. The average molecular weight is 443 g/mol. The third kappa shape index (κ3) is 6.71. The lowest BCUT2D eigenvalue weighted by atomic mass is 9.96. The van der Waals surface area contributed by atoms with E-state index in [1.165, 1.54) is 18.5 Å². The van der Waals surface area contributed by atoms with Crippen LogP contribution in [0.5, 0.6) is 0 Å². The molecule has 2 saturated heterocycles. The second-order valence-corrected chi connectivity index (χ2v) is 9.61. The van der Waals surface area contributed by atoms with Crippen molar-refractivity contribution in [3.63, 3.8) is 0 Å². The normalized spacial score (nSPS) is 19.9. The van der Waals surface area contributed by atoms with Crippen LogP contribution in [-0.2, 0) is 4.79 Å². The maximum Gasteiger partial charge on any atom is 0.253 e. The summed E-state index contributed by atoms with van der Waals surface area (Å²) < 4.78 is 0. The summed E-state index contributed by atoms with van der Waals surface area (Å²) in [7, 11) is 0. The molecular weight excluding hydrogens is 400 g/mol. The Hall–Kier alpha value is -2.08. The highest BCUT2D eigenvalue weighted by Gasteiger charge is 2.29. The minimum atomic E-state index is -0.0876. The zero-order valence-electron chi connectivity index (χ0n) is 20.3. The van der Waals surface area contributed by atoms with Crippen LogP contribution in [0.15, 0.2) is 24.3 Å². The van der Waals surface area contributed by atoms with E-state index in [9.17, 15) is 9.59 Å². The summed E-state index contributed by atoms with van der Waals surface area (Å²) in [6, 6.07) is 8.63. The van der Waals surface area contributed by atoms with E-state index in [4.69, 9.17) is 0 Å². The molecule has 32 heavy (non-hydrogen) atoms. The van der Waals surface area contributed by atoms with Crippen molar-refractivity contribution in [3.8, 4) is 0 Å². The van der Waals surface area contributed by atoms with Crippen LogP contribution >= 0.6 is 0 Å². The quantitative estimate of drug-likeness (QED) is 0.592. The van der Waals surface area contributed by atoms with Gasteiger partial charge in [0.2, 0.25) is 5.91 Å². The molecule has 0 aromatic heterocycles. The van der Waals surface area contributed by atoms with Gasteiger partial charge < -0.3 is 15.1 Å². The van der Waals surface area contributed by atoms with Crippen molar-refractivity contribution >= 4 is 17.5 Å². The maximum absolute atomic E-state index is 13.1. The van der Waals surface area contributed by atoms with Gasteiger partial charge in [0, 0.05) is 63.1 Å². The number of carbonyl (C=O) groups excluding carboxylic acids is 2. The van der Waals surface area contributed by atoms with Gasteiger partial charge in [-0.05, 0) is 57.4 Å². The SMILES string of the molecule is CCCCCCNC(=O)C1CCCN(C(=O)c2ccc(N3CCN(C(C)C)CC3)cc2)C1. The van der Waals surface area contributed by atoms with E-state index in [2.05, 4.69) is 48.0 Å². The van der Waals surface area contributed by atoms with E-state index in [1.807, 2.05) is 17.0 Å². The van der Waals surface area contributed by atoms with Gasteiger partial charge >= 0.3 is 0 Å². The van der Waals surface area contributed by atoms with Gasteiger partial charge in [-0.25, -0.2) is 0 Å². The first-order chi connectivity index (χ1) is 15.5. The Morgan fingerprint density at radius 2 is 1.72 bits per heavy atom. The molecule has 0 radical (unpaired) electrons. The van der Waals surface area contributed by atoms with Crippen molar-refractivity contribution in [2.45, 2.75) is 65.3 Å². The number of piperidine rings is 1. The summed E-state index contributed by atoms with van der Waals surface area (Å²) in [6.45, 7) is 12.9. The van der Waals surface area contributed by atoms with Crippen LogP contribution in [-0.4, -0.2) is 73.5 Å². The number of hydrogen-bond donors (Lipinski definition) is 1. The van der Waals surface area contributed by atoms with Crippen LogP contribution in [0.25, 0.3) is 0 Å². The molecule has 2 aliphatic heterocycles. The molecule has 2 amide bonds. The number of benzene rings is 1. The fraction of sp³-hybridized carbons (Fsp3) is 0.692. The van der Waals surface area contributed by atoms with E-state index < -0.39 is 0 Å². The van der Waals surface area contributed by atoms with Gasteiger partial charge in [-0.15, -0.1) is 0 Å². The van der Waals surface area contributed by atoms with Crippen LogP contribution in [0.3, 0.4) is 0 Å². The number of piperazine rings is 1. The van der Waals surface area contributed by atoms with Gasteiger partial charge in [0.15, 0.2) is 0 Å². The summed E-state index contributed by atoms with van der Waals surface area (Å²) in [6.07, 6.45) is 6.37. The minimum absolute atomic E-state index is 0.0432. The summed E-state index contributed by atoms with van der Waals surface area (Å²) in [4.78, 5) is 32.4. The molecule has 6 heteroatoms. The number of nitrogens with one attached hydrogen (secondary N) is 1. The molecule has 0 aliphatic carbocycles. The topological polar surface area (TPSA) is 55.9 Å². The fourth-order valence-corrected chi connectivity index (χ4v) is 4.78. The fourth-order valence-electron chi connectivity index (χ4n) is 4.78. The molecule has 3 rings (SSSR count). The van der Waals surface area contributed by atoms with Crippen LogP contribution < -0.4 is 10.2 Å². The summed E-state index contributed by atoms with van der Waals surface area (Å²) in [5.74, 6) is 0.0620. The van der Waals surface area contributed by atoms with Crippen molar-refractivity contribution < 1.29 is 9.59 Å². The van der Waals surface area contributed by atoms with E-state index in [-0.39, 0.29) is 17.7 Å². The number of hydrogen-bond acceptors (Lipinski definition) is 4. The molecule has 0 saturated carbocycles. The molecule has 2 fully saturated rings. The van der Waals surface area contributed by atoms with Crippen molar-refractivity contribution in [1.29, 1.82) is 0 Å². The molecule has 0 bridgehead atoms. The van der Waals surface area contributed by atoms with Crippen LogP contribution in [0, 0.1) is 5.92 Å². The Balaban J connectivity index is 1.49. The summed E-state index contributed by atoms with van der Waals surface area (Å²) in [5.41, 5.74) is 1.90. The van der Waals surface area contributed by atoms with Crippen LogP contribution in [0.1, 0.15) is 69.7 Å². The highest BCUT2D eigenvalue weighted by Crippen LogP contribution is 2.22. The predicted molar refractivity (Wildman–Crippen MR) is 131 cm³/mol. The Kier molecular flexibility index (Phi) is 9.39. The predicted octanol–water partition coefficient (Wildman–Crippen LogP) is 3.77. The van der Waals surface area contributed by atoms with Gasteiger partial charge in [-0.3, -0.25) is 14.5 Å². The smallest absolute Gasteiger partial charge is 0.253 e. The van der Waals surface area contributed by atoms with Crippen molar-refractivity contribution in [2.75, 3.05) is 50.7 Å². The third-order valence-corrected chi connectivity index (χ3v) is 6.93. The molecule has 2 heterocycles. The molecule has 1 aromatic carbocycles. The number of likely N-dealkylation sites (tertiary alicyclic amines) is 1. The molecule has 1 aromatic rings. The molecule has 1 atom stereocenters. The second-order valence-electron chi connectivity index (χ2n) is 9.61. The monoisotopic (exact) mass is 442 g/mol. The molecule has 2 aliphatic rings. The van der Waals surface area contributed by atoms with Crippen molar-refractivity contribution in [3.05, 3.63) is 29.8 Å². The Morgan fingerprint density at radius 3 is 2.38 bits per heavy atom.